The van der Waals surface area contributed by atoms with Crippen LogP contribution in [0.2, 0.25) is 10.0 Å². The van der Waals surface area contributed by atoms with Crippen LogP contribution in [0.3, 0.4) is 0 Å². The SMILES string of the molecule is Cc1c(C(=O)NC(C(N)=O)C(C)(C)C)nn(-c2ccc(Cl)cc2Cl)c1-c1cccc(NC(N)=O)c1. The number of rotatable bonds is 6. The average Bonchev–Trinajstić information content (AvgIpc) is 3.07. The Bertz CT molecular complexity index is 1310. The molecule has 0 aliphatic carbocycles. The predicted molar refractivity (Wildman–Crippen MR) is 137 cm³/mol. The van der Waals surface area contributed by atoms with Crippen LogP contribution >= 0.6 is 23.2 Å². The molecule has 184 valence electrons. The van der Waals surface area contributed by atoms with E-state index in [9.17, 15) is 14.4 Å². The molecule has 11 heteroatoms. The number of benzene rings is 2. The molecule has 1 unspecified atom stereocenters. The summed E-state index contributed by atoms with van der Waals surface area (Å²) >= 11 is 12.5. The van der Waals surface area contributed by atoms with Gasteiger partial charge in [-0.25, -0.2) is 9.48 Å². The van der Waals surface area contributed by atoms with Crippen LogP contribution in [0.15, 0.2) is 42.5 Å². The summed E-state index contributed by atoms with van der Waals surface area (Å²) < 4.78 is 1.52. The lowest BCUT2D eigenvalue weighted by atomic mass is 9.86. The van der Waals surface area contributed by atoms with Crippen molar-refractivity contribution in [2.24, 2.45) is 16.9 Å². The Kier molecular flexibility index (Phi) is 7.42. The van der Waals surface area contributed by atoms with Gasteiger partial charge in [-0.2, -0.15) is 5.10 Å². The first kappa shape index (κ1) is 26.1. The van der Waals surface area contributed by atoms with Gasteiger partial charge in [-0.15, -0.1) is 0 Å². The van der Waals surface area contributed by atoms with Crippen molar-refractivity contribution < 1.29 is 14.4 Å². The number of nitrogens with zero attached hydrogens (tertiary/aromatic N) is 2. The van der Waals surface area contributed by atoms with Crippen molar-refractivity contribution in [3.63, 3.8) is 0 Å². The molecule has 3 rings (SSSR count). The highest BCUT2D eigenvalue weighted by atomic mass is 35.5. The lowest BCUT2D eigenvalue weighted by Crippen LogP contribution is -2.52. The number of anilines is 1. The highest BCUT2D eigenvalue weighted by Crippen LogP contribution is 2.34. The van der Waals surface area contributed by atoms with Gasteiger partial charge in [-0.1, -0.05) is 56.1 Å². The first-order valence-corrected chi connectivity index (χ1v) is 11.4. The van der Waals surface area contributed by atoms with E-state index in [-0.39, 0.29) is 5.69 Å². The van der Waals surface area contributed by atoms with E-state index < -0.39 is 29.3 Å². The second-order valence-corrected chi connectivity index (χ2v) is 9.92. The Hall–Kier alpha value is -3.56. The van der Waals surface area contributed by atoms with Crippen molar-refractivity contribution in [3.8, 4) is 16.9 Å². The predicted octanol–water partition coefficient (Wildman–Crippen LogP) is 4.27. The molecule has 0 fully saturated rings. The zero-order chi connectivity index (χ0) is 26.1. The zero-order valence-corrected chi connectivity index (χ0v) is 21.2. The molecule has 0 saturated heterocycles. The van der Waals surface area contributed by atoms with Crippen LogP contribution in [0.5, 0.6) is 0 Å². The smallest absolute Gasteiger partial charge is 0.316 e. The highest BCUT2D eigenvalue weighted by molar-refractivity contribution is 6.35. The number of amides is 4. The zero-order valence-electron chi connectivity index (χ0n) is 19.6. The van der Waals surface area contributed by atoms with E-state index in [2.05, 4.69) is 15.7 Å². The molecule has 35 heavy (non-hydrogen) atoms. The molecular formula is C24H26Cl2N6O3. The first-order chi connectivity index (χ1) is 16.3. The lowest BCUT2D eigenvalue weighted by Gasteiger charge is -2.28. The number of hydrogen-bond donors (Lipinski definition) is 4. The number of halogens is 2. The second kappa shape index (κ2) is 9.97. The molecule has 9 nitrogen and oxygen atoms in total. The van der Waals surface area contributed by atoms with Gasteiger partial charge in [0.05, 0.1) is 16.4 Å². The highest BCUT2D eigenvalue weighted by Gasteiger charge is 2.33. The van der Waals surface area contributed by atoms with Crippen LogP contribution in [0.4, 0.5) is 10.5 Å². The van der Waals surface area contributed by atoms with Crippen molar-refractivity contribution in [2.45, 2.75) is 33.7 Å². The minimum atomic E-state index is -0.926. The Labute approximate surface area is 212 Å². The Morgan fingerprint density at radius 1 is 1.06 bits per heavy atom. The van der Waals surface area contributed by atoms with Crippen molar-refractivity contribution in [1.29, 1.82) is 0 Å². The van der Waals surface area contributed by atoms with Crippen molar-refractivity contribution >= 4 is 46.7 Å². The number of primary amides is 2. The van der Waals surface area contributed by atoms with Gasteiger partial charge in [0.2, 0.25) is 5.91 Å². The van der Waals surface area contributed by atoms with E-state index in [1.807, 2.05) is 0 Å². The number of nitrogens with one attached hydrogen (secondary N) is 2. The van der Waals surface area contributed by atoms with Crippen molar-refractivity contribution in [2.75, 3.05) is 5.32 Å². The third-order valence-corrected chi connectivity index (χ3v) is 5.84. The molecule has 2 aromatic carbocycles. The minimum Gasteiger partial charge on any atom is -0.368 e. The molecule has 1 aromatic heterocycles. The van der Waals surface area contributed by atoms with E-state index >= 15 is 0 Å². The van der Waals surface area contributed by atoms with Gasteiger partial charge in [0.1, 0.15) is 6.04 Å². The molecular weight excluding hydrogens is 491 g/mol. The summed E-state index contributed by atoms with van der Waals surface area (Å²) in [7, 11) is 0. The molecule has 0 saturated carbocycles. The molecule has 0 aliphatic heterocycles. The van der Waals surface area contributed by atoms with Gasteiger partial charge in [0.25, 0.3) is 5.91 Å². The Balaban J connectivity index is 2.20. The van der Waals surface area contributed by atoms with Crippen molar-refractivity contribution in [3.05, 3.63) is 63.8 Å². The topological polar surface area (TPSA) is 145 Å². The third-order valence-electron chi connectivity index (χ3n) is 5.30. The molecule has 3 aromatic rings. The number of carbonyl (C=O) groups is 3. The van der Waals surface area contributed by atoms with Crippen LogP contribution in [0, 0.1) is 12.3 Å². The average molecular weight is 517 g/mol. The normalized spacial score (nSPS) is 12.2. The number of nitrogens with two attached hydrogens (primary N) is 2. The van der Waals surface area contributed by atoms with Gasteiger partial charge in [0.15, 0.2) is 5.69 Å². The quantitative estimate of drug-likeness (QED) is 0.387. The van der Waals surface area contributed by atoms with Gasteiger partial charge in [0, 0.05) is 21.8 Å². The maximum absolute atomic E-state index is 13.3. The van der Waals surface area contributed by atoms with E-state index in [0.29, 0.717) is 38.2 Å². The summed E-state index contributed by atoms with van der Waals surface area (Å²) in [6.07, 6.45) is 0. The molecule has 0 bridgehead atoms. The molecule has 1 atom stereocenters. The summed E-state index contributed by atoms with van der Waals surface area (Å²) in [5.41, 5.74) is 12.9. The van der Waals surface area contributed by atoms with E-state index in [0.717, 1.165) is 0 Å². The van der Waals surface area contributed by atoms with E-state index in [4.69, 9.17) is 34.7 Å². The molecule has 0 radical (unpaired) electrons. The van der Waals surface area contributed by atoms with Gasteiger partial charge >= 0.3 is 6.03 Å². The second-order valence-electron chi connectivity index (χ2n) is 9.07. The largest absolute Gasteiger partial charge is 0.368 e. The number of carbonyl (C=O) groups excluding carboxylic acids is 3. The maximum atomic E-state index is 13.3. The fourth-order valence-electron chi connectivity index (χ4n) is 3.68. The maximum Gasteiger partial charge on any atom is 0.316 e. The van der Waals surface area contributed by atoms with E-state index in [1.54, 1.807) is 70.2 Å². The minimum absolute atomic E-state index is 0.0785. The Morgan fingerprint density at radius 2 is 1.74 bits per heavy atom. The number of aromatic nitrogens is 2. The van der Waals surface area contributed by atoms with Gasteiger partial charge in [-0.05, 0) is 42.7 Å². The van der Waals surface area contributed by atoms with Gasteiger partial charge in [-0.3, -0.25) is 9.59 Å². The van der Waals surface area contributed by atoms with Crippen LogP contribution in [0.1, 0.15) is 36.8 Å². The van der Waals surface area contributed by atoms with Gasteiger partial charge < -0.3 is 22.1 Å². The summed E-state index contributed by atoms with van der Waals surface area (Å²) in [5, 5.41) is 10.5. The summed E-state index contributed by atoms with van der Waals surface area (Å²) in [5.74, 6) is -1.23. The fraction of sp³-hybridized carbons (Fsp3) is 0.250. The summed E-state index contributed by atoms with van der Waals surface area (Å²) in [6, 6.07) is 10.1. The molecule has 6 N–H and O–H groups in total. The van der Waals surface area contributed by atoms with Crippen molar-refractivity contribution in [1.82, 2.24) is 15.1 Å². The van der Waals surface area contributed by atoms with E-state index in [1.165, 1.54) is 4.68 Å². The number of urea groups is 1. The van der Waals surface area contributed by atoms with Crippen LogP contribution in [-0.2, 0) is 4.79 Å². The Morgan fingerprint density at radius 3 is 2.31 bits per heavy atom. The first-order valence-electron chi connectivity index (χ1n) is 10.6. The summed E-state index contributed by atoms with van der Waals surface area (Å²) in [6.45, 7) is 7.11. The van der Waals surface area contributed by atoms with Crippen LogP contribution in [-0.4, -0.2) is 33.7 Å². The standard InChI is InChI=1S/C24H26Cl2N6O3/c1-12-18(22(34)30-20(21(27)33)24(2,3)4)31-32(17-9-8-14(25)11-16(17)26)19(12)13-6-5-7-15(10-13)29-23(28)35/h5-11,20H,1-4H3,(H2,27,33)(H,30,34)(H3,28,29,35). The van der Waals surface area contributed by atoms with Crippen LogP contribution < -0.4 is 22.1 Å². The molecule has 0 spiro atoms. The lowest BCUT2D eigenvalue weighted by molar-refractivity contribution is -0.122. The van der Waals surface area contributed by atoms with Crippen LogP contribution in [0.25, 0.3) is 16.9 Å². The molecule has 0 aliphatic rings. The number of hydrogen-bond acceptors (Lipinski definition) is 4. The monoisotopic (exact) mass is 516 g/mol. The fourth-order valence-corrected chi connectivity index (χ4v) is 4.17. The summed E-state index contributed by atoms with van der Waals surface area (Å²) in [4.78, 5) is 36.7. The molecule has 1 heterocycles. The third kappa shape index (κ3) is 5.75. The molecule has 4 amide bonds.